The largest absolute Gasteiger partial charge is 0.512 e. The molecule has 1 saturated heterocycles. The molecule has 170 valence electrons. The van der Waals surface area contributed by atoms with Gasteiger partial charge in [0.1, 0.15) is 24.9 Å². The lowest BCUT2D eigenvalue weighted by Crippen LogP contribution is -2.35. The summed E-state index contributed by atoms with van der Waals surface area (Å²) in [5, 5.41) is 30.0. The van der Waals surface area contributed by atoms with Crippen molar-refractivity contribution in [2.24, 2.45) is 5.92 Å². The lowest BCUT2D eigenvalue weighted by atomic mass is 9.85. The number of aliphatic hydroxyl groups excluding tert-OH is 3. The average Bonchev–Trinajstić information content (AvgIpc) is 3.00. The van der Waals surface area contributed by atoms with E-state index in [1.54, 1.807) is 13.0 Å². The van der Waals surface area contributed by atoms with Gasteiger partial charge in [0.2, 0.25) is 0 Å². The van der Waals surface area contributed by atoms with Crippen LogP contribution in [0.3, 0.4) is 0 Å². The van der Waals surface area contributed by atoms with Gasteiger partial charge in [-0.15, -0.1) is 0 Å². The predicted octanol–water partition coefficient (Wildman–Crippen LogP) is 1.41. The Morgan fingerprint density at radius 2 is 2.03 bits per heavy atom. The van der Waals surface area contributed by atoms with Crippen LogP contribution in [0.2, 0.25) is 0 Å². The summed E-state index contributed by atoms with van der Waals surface area (Å²) < 4.78 is 15.6. The Bertz CT molecular complexity index is 836. The highest BCUT2D eigenvalue weighted by atomic mass is 16.6. The summed E-state index contributed by atoms with van der Waals surface area (Å²) in [4.78, 5) is 35.7. The van der Waals surface area contributed by atoms with E-state index in [1.165, 1.54) is 0 Å². The highest BCUT2D eigenvalue weighted by molar-refractivity contribution is 5.92. The van der Waals surface area contributed by atoms with E-state index in [0.29, 0.717) is 17.6 Å². The number of hydrogen-bond acceptors (Lipinski definition) is 9. The van der Waals surface area contributed by atoms with Crippen molar-refractivity contribution in [1.82, 2.24) is 0 Å². The van der Waals surface area contributed by atoms with Gasteiger partial charge < -0.3 is 29.5 Å². The molecule has 0 saturated carbocycles. The topological polar surface area (TPSA) is 140 Å². The molecular weight excluding hydrogens is 408 g/mol. The van der Waals surface area contributed by atoms with Crippen LogP contribution in [0.1, 0.15) is 33.1 Å². The quantitative estimate of drug-likeness (QED) is 0.244. The maximum Gasteiger partial charge on any atom is 0.336 e. The zero-order valence-electron chi connectivity index (χ0n) is 17.6. The molecule has 9 heteroatoms. The maximum atomic E-state index is 12.6. The van der Waals surface area contributed by atoms with E-state index in [0.717, 1.165) is 6.92 Å². The van der Waals surface area contributed by atoms with Crippen molar-refractivity contribution in [1.29, 1.82) is 0 Å². The van der Waals surface area contributed by atoms with Gasteiger partial charge in [-0.25, -0.2) is 9.59 Å². The summed E-state index contributed by atoms with van der Waals surface area (Å²) in [6, 6.07) is 0. The van der Waals surface area contributed by atoms with E-state index < -0.39 is 48.7 Å². The second-order valence-corrected chi connectivity index (χ2v) is 7.62. The van der Waals surface area contributed by atoms with Crippen molar-refractivity contribution in [3.05, 3.63) is 47.3 Å². The number of carbonyl (C=O) groups excluding carboxylic acids is 3. The van der Waals surface area contributed by atoms with Crippen molar-refractivity contribution in [3.63, 3.8) is 0 Å². The molecule has 0 unspecified atom stereocenters. The van der Waals surface area contributed by atoms with E-state index in [-0.39, 0.29) is 36.4 Å². The third kappa shape index (κ3) is 6.05. The van der Waals surface area contributed by atoms with Gasteiger partial charge in [-0.2, -0.15) is 0 Å². The van der Waals surface area contributed by atoms with E-state index >= 15 is 0 Å². The second kappa shape index (κ2) is 10.4. The van der Waals surface area contributed by atoms with E-state index in [2.05, 4.69) is 17.9 Å². The zero-order chi connectivity index (χ0) is 23.3. The van der Waals surface area contributed by atoms with Crippen LogP contribution in [0.5, 0.6) is 0 Å². The highest BCUT2D eigenvalue weighted by Gasteiger charge is 2.45. The molecule has 3 N–H and O–H groups in total. The van der Waals surface area contributed by atoms with Crippen molar-refractivity contribution >= 4 is 17.9 Å². The van der Waals surface area contributed by atoms with Gasteiger partial charge in [-0.3, -0.25) is 4.79 Å². The second-order valence-electron chi connectivity index (χ2n) is 7.62. The predicted molar refractivity (Wildman–Crippen MR) is 109 cm³/mol. The Kier molecular flexibility index (Phi) is 8.18. The standard InChI is InChI=1S/C22H28O9/c1-11-7-18(30-21(27)12(2)17(26)10-29-14(4)24)20-13(3)22(28)31-19(20)8-15(9-23)5-6-16(11)25/h8,17-20,23,25-26H,2-3,5-7,9-10H2,1,4H3/b15-8-,16-11-/t17-,18-,19+,20+/m0/s1. The summed E-state index contributed by atoms with van der Waals surface area (Å²) in [5.41, 5.74) is 0.859. The molecule has 0 radical (unpaired) electrons. The number of ether oxygens (including phenoxy) is 3. The molecule has 2 aliphatic rings. The van der Waals surface area contributed by atoms with E-state index in [9.17, 15) is 29.7 Å². The normalized spacial score (nSPS) is 29.2. The maximum absolute atomic E-state index is 12.6. The smallest absolute Gasteiger partial charge is 0.336 e. The van der Waals surface area contributed by atoms with Crippen molar-refractivity contribution in [3.8, 4) is 0 Å². The molecule has 0 bridgehead atoms. The summed E-state index contributed by atoms with van der Waals surface area (Å²) in [6.45, 7) is 9.35. The summed E-state index contributed by atoms with van der Waals surface area (Å²) >= 11 is 0. The third-order valence-electron chi connectivity index (χ3n) is 5.32. The molecule has 2 rings (SSSR count). The Labute approximate surface area is 180 Å². The van der Waals surface area contributed by atoms with E-state index in [1.807, 2.05) is 0 Å². The molecular formula is C22H28O9. The first-order valence-corrected chi connectivity index (χ1v) is 9.84. The van der Waals surface area contributed by atoms with Crippen LogP contribution in [0.4, 0.5) is 0 Å². The highest BCUT2D eigenvalue weighted by Crippen LogP contribution is 2.37. The van der Waals surface area contributed by atoms with Crippen LogP contribution in [0.25, 0.3) is 0 Å². The molecule has 31 heavy (non-hydrogen) atoms. The van der Waals surface area contributed by atoms with Crippen LogP contribution in [0, 0.1) is 5.92 Å². The van der Waals surface area contributed by atoms with Crippen molar-refractivity contribution in [2.45, 2.75) is 51.4 Å². The molecule has 1 heterocycles. The fraction of sp³-hybridized carbons (Fsp3) is 0.500. The van der Waals surface area contributed by atoms with Gasteiger partial charge in [0.25, 0.3) is 0 Å². The Hall–Kier alpha value is -2.91. The van der Waals surface area contributed by atoms with Gasteiger partial charge in [0, 0.05) is 25.3 Å². The number of esters is 3. The molecule has 1 fully saturated rings. The first-order valence-electron chi connectivity index (χ1n) is 9.84. The van der Waals surface area contributed by atoms with Gasteiger partial charge in [0.05, 0.1) is 23.9 Å². The minimum absolute atomic E-state index is 0.0865. The molecule has 1 aliphatic carbocycles. The summed E-state index contributed by atoms with van der Waals surface area (Å²) in [7, 11) is 0. The minimum Gasteiger partial charge on any atom is -0.512 e. The van der Waals surface area contributed by atoms with Gasteiger partial charge in [0.15, 0.2) is 0 Å². The Balaban J connectivity index is 2.32. The number of carbonyl (C=O) groups is 3. The number of allylic oxidation sites excluding steroid dienone is 1. The number of hydrogen-bond donors (Lipinski definition) is 3. The van der Waals surface area contributed by atoms with Crippen LogP contribution in [-0.4, -0.2) is 64.8 Å². The molecule has 0 spiro atoms. The number of aliphatic hydroxyl groups is 3. The first-order chi connectivity index (χ1) is 14.5. The average molecular weight is 436 g/mol. The van der Waals surface area contributed by atoms with Crippen LogP contribution in [0.15, 0.2) is 47.3 Å². The molecule has 0 aromatic carbocycles. The van der Waals surface area contributed by atoms with Crippen molar-refractivity contribution in [2.75, 3.05) is 13.2 Å². The Morgan fingerprint density at radius 3 is 2.65 bits per heavy atom. The summed E-state index contributed by atoms with van der Waals surface area (Å²) in [6.07, 6.45) is -0.945. The number of fused-ring (bicyclic) bond motifs is 1. The molecule has 4 atom stereocenters. The molecule has 0 aromatic heterocycles. The lowest BCUT2D eigenvalue weighted by molar-refractivity contribution is -0.151. The lowest BCUT2D eigenvalue weighted by Gasteiger charge is -2.28. The van der Waals surface area contributed by atoms with Crippen LogP contribution >= 0.6 is 0 Å². The van der Waals surface area contributed by atoms with Gasteiger partial charge in [-0.05, 0) is 30.6 Å². The van der Waals surface area contributed by atoms with Crippen LogP contribution < -0.4 is 0 Å². The van der Waals surface area contributed by atoms with Gasteiger partial charge >= 0.3 is 17.9 Å². The van der Waals surface area contributed by atoms with E-state index in [4.69, 9.17) is 9.47 Å². The number of rotatable bonds is 6. The SMILES string of the molecule is C=C1C(=O)O[C@@H]2/C=C(\CO)CC/C(O)=C(\C)C[C@H](OC(=O)C(=C)[C@@H](O)COC(C)=O)[C@@H]12. The molecule has 0 amide bonds. The zero-order valence-corrected chi connectivity index (χ0v) is 17.6. The monoisotopic (exact) mass is 436 g/mol. The minimum atomic E-state index is -1.47. The first kappa shape index (κ1) is 24.4. The molecule has 1 aliphatic heterocycles. The van der Waals surface area contributed by atoms with Gasteiger partial charge in [-0.1, -0.05) is 13.2 Å². The fourth-order valence-corrected chi connectivity index (χ4v) is 3.43. The van der Waals surface area contributed by atoms with Crippen molar-refractivity contribution < 1.29 is 43.9 Å². The van der Waals surface area contributed by atoms with Crippen LogP contribution in [-0.2, 0) is 28.6 Å². The molecule has 0 aromatic rings. The fourth-order valence-electron chi connectivity index (χ4n) is 3.43. The molecule has 9 nitrogen and oxygen atoms in total. The third-order valence-corrected chi connectivity index (χ3v) is 5.32. The summed E-state index contributed by atoms with van der Waals surface area (Å²) in [5.74, 6) is -2.91. The Morgan fingerprint density at radius 1 is 1.35 bits per heavy atom.